The number of aromatic nitrogens is 2. The molecule has 1 aliphatic heterocycles. The molecule has 0 atom stereocenters. The van der Waals surface area contributed by atoms with E-state index < -0.39 is 11.4 Å². The van der Waals surface area contributed by atoms with Crippen molar-refractivity contribution >= 4 is 23.4 Å². The first kappa shape index (κ1) is 13.1. The highest BCUT2D eigenvalue weighted by molar-refractivity contribution is 6.32. The van der Waals surface area contributed by atoms with Crippen LogP contribution in [0.1, 0.15) is 25.6 Å². The highest BCUT2D eigenvalue weighted by atomic mass is 35.5. The fourth-order valence-corrected chi connectivity index (χ4v) is 2.30. The third-order valence-corrected chi connectivity index (χ3v) is 3.80. The van der Waals surface area contributed by atoms with Gasteiger partial charge in [-0.25, -0.2) is 9.97 Å². The Hall–Kier alpha value is -1.36. The molecule has 18 heavy (non-hydrogen) atoms. The maximum absolute atomic E-state index is 11.2. The molecule has 0 aromatic carbocycles. The summed E-state index contributed by atoms with van der Waals surface area (Å²) in [6, 6.07) is 0. The zero-order chi connectivity index (χ0) is 13.3. The molecule has 0 radical (unpaired) electrons. The predicted molar refractivity (Wildman–Crippen MR) is 69.0 cm³/mol. The zero-order valence-corrected chi connectivity index (χ0v) is 11.2. The molecule has 6 heteroatoms. The maximum atomic E-state index is 11.2. The van der Waals surface area contributed by atoms with E-state index in [2.05, 4.69) is 9.97 Å². The van der Waals surface area contributed by atoms with E-state index in [0.29, 0.717) is 42.6 Å². The largest absolute Gasteiger partial charge is 0.481 e. The van der Waals surface area contributed by atoms with Crippen LogP contribution in [0, 0.1) is 12.3 Å². The van der Waals surface area contributed by atoms with Crippen molar-refractivity contribution in [1.29, 1.82) is 0 Å². The summed E-state index contributed by atoms with van der Waals surface area (Å²) in [5.74, 6) is 0.643. The van der Waals surface area contributed by atoms with Crippen LogP contribution in [0.2, 0.25) is 5.02 Å². The van der Waals surface area contributed by atoms with Gasteiger partial charge in [-0.2, -0.15) is 0 Å². The number of anilines is 1. The van der Waals surface area contributed by atoms with Gasteiger partial charge >= 0.3 is 5.97 Å². The first-order valence-electron chi connectivity index (χ1n) is 5.90. The normalized spacial score (nSPS) is 18.7. The number of carbonyl (C=O) groups is 1. The van der Waals surface area contributed by atoms with Gasteiger partial charge < -0.3 is 10.0 Å². The first-order valence-corrected chi connectivity index (χ1v) is 6.28. The minimum absolute atomic E-state index is 0.513. The quantitative estimate of drug-likeness (QED) is 0.891. The van der Waals surface area contributed by atoms with Crippen molar-refractivity contribution in [2.45, 2.75) is 26.7 Å². The summed E-state index contributed by atoms with van der Waals surface area (Å²) in [4.78, 5) is 21.6. The summed E-state index contributed by atoms with van der Waals surface area (Å²) in [6.07, 6.45) is 2.79. The Morgan fingerprint density at radius 2 is 2.11 bits per heavy atom. The Balaban J connectivity index is 2.15. The van der Waals surface area contributed by atoms with Gasteiger partial charge in [0.05, 0.1) is 11.6 Å². The Morgan fingerprint density at radius 3 is 2.67 bits per heavy atom. The standard InChI is InChI=1S/C12H16ClN3O2/c1-8-14-7-9(13)10(15-8)16-5-3-12(2,4-6-16)11(17)18/h7H,3-6H2,1-2H3,(H,17,18). The monoisotopic (exact) mass is 269 g/mol. The molecule has 5 nitrogen and oxygen atoms in total. The second-order valence-electron chi connectivity index (χ2n) is 4.94. The lowest BCUT2D eigenvalue weighted by Gasteiger charge is -2.37. The molecular weight excluding hydrogens is 254 g/mol. The van der Waals surface area contributed by atoms with Crippen LogP contribution in [0.5, 0.6) is 0 Å². The topological polar surface area (TPSA) is 66.3 Å². The third-order valence-electron chi connectivity index (χ3n) is 3.53. The zero-order valence-electron chi connectivity index (χ0n) is 10.5. The van der Waals surface area contributed by atoms with Crippen LogP contribution in [-0.2, 0) is 4.79 Å². The van der Waals surface area contributed by atoms with Crippen LogP contribution in [0.25, 0.3) is 0 Å². The third kappa shape index (κ3) is 2.41. The molecule has 2 rings (SSSR count). The number of piperidine rings is 1. The number of hydrogen-bond acceptors (Lipinski definition) is 4. The van der Waals surface area contributed by atoms with Crippen molar-refractivity contribution in [3.05, 3.63) is 17.0 Å². The Labute approximate surface area is 111 Å². The molecule has 2 heterocycles. The summed E-state index contributed by atoms with van der Waals surface area (Å²) in [5, 5.41) is 9.70. The molecule has 1 aromatic rings. The molecule has 1 saturated heterocycles. The van der Waals surface area contributed by atoms with E-state index in [9.17, 15) is 9.90 Å². The van der Waals surface area contributed by atoms with Crippen LogP contribution >= 0.6 is 11.6 Å². The molecule has 1 fully saturated rings. The van der Waals surface area contributed by atoms with E-state index in [4.69, 9.17) is 11.6 Å². The average Bonchev–Trinajstić information content (AvgIpc) is 2.33. The Kier molecular flexibility index (Phi) is 3.43. The van der Waals surface area contributed by atoms with Crippen molar-refractivity contribution in [2.75, 3.05) is 18.0 Å². The predicted octanol–water partition coefficient (Wildman–Crippen LogP) is 2.13. The Morgan fingerprint density at radius 1 is 1.50 bits per heavy atom. The smallest absolute Gasteiger partial charge is 0.309 e. The number of nitrogens with zero attached hydrogens (tertiary/aromatic N) is 3. The lowest BCUT2D eigenvalue weighted by atomic mass is 9.80. The van der Waals surface area contributed by atoms with Crippen molar-refractivity contribution in [3.8, 4) is 0 Å². The van der Waals surface area contributed by atoms with E-state index >= 15 is 0 Å². The van der Waals surface area contributed by atoms with Gasteiger partial charge in [0, 0.05) is 13.1 Å². The minimum atomic E-state index is -0.730. The van der Waals surface area contributed by atoms with E-state index in [1.165, 1.54) is 0 Å². The van der Waals surface area contributed by atoms with Gasteiger partial charge in [0.2, 0.25) is 0 Å². The fourth-order valence-electron chi connectivity index (χ4n) is 2.09. The van der Waals surface area contributed by atoms with Gasteiger partial charge in [0.1, 0.15) is 10.8 Å². The molecule has 1 aliphatic rings. The van der Waals surface area contributed by atoms with Gasteiger partial charge in [-0.1, -0.05) is 11.6 Å². The number of carboxylic acids is 1. The molecule has 0 saturated carbocycles. The van der Waals surface area contributed by atoms with E-state index in [1.807, 2.05) is 11.8 Å². The second kappa shape index (κ2) is 4.72. The number of carboxylic acid groups (broad SMARTS) is 1. The molecule has 0 amide bonds. The molecule has 0 aliphatic carbocycles. The van der Waals surface area contributed by atoms with Crippen molar-refractivity contribution in [3.63, 3.8) is 0 Å². The fraction of sp³-hybridized carbons (Fsp3) is 0.583. The molecular formula is C12H16ClN3O2. The van der Waals surface area contributed by atoms with E-state index in [1.54, 1.807) is 13.1 Å². The second-order valence-corrected chi connectivity index (χ2v) is 5.35. The van der Waals surface area contributed by atoms with Crippen LogP contribution in [0.15, 0.2) is 6.20 Å². The molecule has 0 bridgehead atoms. The SMILES string of the molecule is Cc1ncc(Cl)c(N2CCC(C)(C(=O)O)CC2)n1. The summed E-state index contributed by atoms with van der Waals surface area (Å²) in [7, 11) is 0. The summed E-state index contributed by atoms with van der Waals surface area (Å²) < 4.78 is 0. The Bertz CT molecular complexity index is 470. The number of hydrogen-bond donors (Lipinski definition) is 1. The highest BCUT2D eigenvalue weighted by Crippen LogP contribution is 2.34. The minimum Gasteiger partial charge on any atom is -0.481 e. The average molecular weight is 270 g/mol. The van der Waals surface area contributed by atoms with Gasteiger partial charge in [0.25, 0.3) is 0 Å². The number of rotatable bonds is 2. The van der Waals surface area contributed by atoms with Gasteiger partial charge in [0.15, 0.2) is 5.82 Å². The van der Waals surface area contributed by atoms with E-state index in [0.717, 1.165) is 0 Å². The first-order chi connectivity index (χ1) is 8.42. The van der Waals surface area contributed by atoms with Gasteiger partial charge in [-0.3, -0.25) is 4.79 Å². The number of aryl methyl sites for hydroxylation is 1. The molecule has 1 aromatic heterocycles. The maximum Gasteiger partial charge on any atom is 0.309 e. The van der Waals surface area contributed by atoms with Gasteiger partial charge in [-0.05, 0) is 26.7 Å². The van der Waals surface area contributed by atoms with Crippen LogP contribution in [0.4, 0.5) is 5.82 Å². The van der Waals surface area contributed by atoms with Crippen LogP contribution in [-0.4, -0.2) is 34.1 Å². The van der Waals surface area contributed by atoms with Crippen molar-refractivity contribution < 1.29 is 9.90 Å². The lowest BCUT2D eigenvalue weighted by molar-refractivity contribution is -0.149. The van der Waals surface area contributed by atoms with Crippen LogP contribution < -0.4 is 4.90 Å². The van der Waals surface area contributed by atoms with E-state index in [-0.39, 0.29) is 0 Å². The summed E-state index contributed by atoms with van der Waals surface area (Å²) in [6.45, 7) is 4.91. The highest BCUT2D eigenvalue weighted by Gasteiger charge is 2.37. The molecule has 98 valence electrons. The van der Waals surface area contributed by atoms with Crippen LogP contribution in [0.3, 0.4) is 0 Å². The van der Waals surface area contributed by atoms with Crippen molar-refractivity contribution in [1.82, 2.24) is 9.97 Å². The number of halogens is 1. The molecule has 1 N–H and O–H groups in total. The summed E-state index contributed by atoms with van der Waals surface area (Å²) in [5.41, 5.74) is -0.634. The summed E-state index contributed by atoms with van der Waals surface area (Å²) >= 11 is 6.08. The molecule has 0 spiro atoms. The van der Waals surface area contributed by atoms with Gasteiger partial charge in [-0.15, -0.1) is 0 Å². The lowest BCUT2D eigenvalue weighted by Crippen LogP contribution is -2.43. The number of aliphatic carboxylic acids is 1. The molecule has 0 unspecified atom stereocenters. The van der Waals surface area contributed by atoms with Crippen molar-refractivity contribution in [2.24, 2.45) is 5.41 Å².